The number of amides is 1. The summed E-state index contributed by atoms with van der Waals surface area (Å²) in [4.78, 5) is 17.2. The Kier molecular flexibility index (Phi) is 2.68. The second-order valence-electron chi connectivity index (χ2n) is 6.89. The second-order valence-corrected chi connectivity index (χ2v) is 6.89. The van der Waals surface area contributed by atoms with Crippen LogP contribution in [-0.4, -0.2) is 41.4 Å². The number of hydrogen-bond acceptors (Lipinski definition) is 2. The van der Waals surface area contributed by atoms with Crippen LogP contribution in [0.15, 0.2) is 30.3 Å². The van der Waals surface area contributed by atoms with Gasteiger partial charge in [0.15, 0.2) is 0 Å². The quantitative estimate of drug-likeness (QED) is 0.770. The molecular weight excluding hydrogens is 248 g/mol. The van der Waals surface area contributed by atoms with Crippen molar-refractivity contribution in [2.24, 2.45) is 5.41 Å². The van der Waals surface area contributed by atoms with Crippen molar-refractivity contribution in [2.45, 2.75) is 44.3 Å². The van der Waals surface area contributed by atoms with Crippen molar-refractivity contribution in [1.82, 2.24) is 9.80 Å². The zero-order valence-electron chi connectivity index (χ0n) is 12.1. The molecule has 3 nitrogen and oxygen atoms in total. The minimum absolute atomic E-state index is 0.00682. The van der Waals surface area contributed by atoms with Crippen LogP contribution in [-0.2, 0) is 11.3 Å². The largest absolute Gasteiger partial charge is 0.337 e. The number of benzene rings is 1. The van der Waals surface area contributed by atoms with Gasteiger partial charge in [-0.1, -0.05) is 30.3 Å². The van der Waals surface area contributed by atoms with E-state index in [1.807, 2.05) is 23.1 Å². The summed E-state index contributed by atoms with van der Waals surface area (Å²) < 4.78 is 0. The third-order valence-corrected chi connectivity index (χ3v) is 5.69. The Balaban J connectivity index is 1.46. The zero-order chi connectivity index (χ0) is 13.7. The summed E-state index contributed by atoms with van der Waals surface area (Å²) in [7, 11) is 2.24. The highest BCUT2D eigenvalue weighted by Gasteiger charge is 2.58. The lowest BCUT2D eigenvalue weighted by molar-refractivity contribution is -0.169. The molecule has 0 saturated carbocycles. The number of piperidine rings is 1. The minimum Gasteiger partial charge on any atom is -0.337 e. The maximum absolute atomic E-state index is 12.7. The molecule has 0 aliphatic carbocycles. The molecule has 3 aliphatic rings. The maximum atomic E-state index is 12.7. The van der Waals surface area contributed by atoms with E-state index in [2.05, 4.69) is 24.1 Å². The van der Waals surface area contributed by atoms with Crippen LogP contribution in [0.2, 0.25) is 0 Å². The molecule has 1 amide bonds. The first kappa shape index (κ1) is 12.4. The highest BCUT2D eigenvalue weighted by atomic mass is 16.2. The van der Waals surface area contributed by atoms with Gasteiger partial charge in [-0.3, -0.25) is 4.79 Å². The summed E-state index contributed by atoms with van der Waals surface area (Å²) in [6.45, 7) is 1.76. The molecule has 0 aromatic heterocycles. The van der Waals surface area contributed by atoms with Crippen LogP contribution in [0.1, 0.15) is 31.2 Å². The predicted molar refractivity (Wildman–Crippen MR) is 78.1 cm³/mol. The topological polar surface area (TPSA) is 23.6 Å². The van der Waals surface area contributed by atoms with Crippen LogP contribution in [0.25, 0.3) is 0 Å². The van der Waals surface area contributed by atoms with Gasteiger partial charge in [0, 0.05) is 25.2 Å². The molecule has 3 heteroatoms. The van der Waals surface area contributed by atoms with Crippen molar-refractivity contribution < 1.29 is 4.79 Å². The Bertz CT molecular complexity index is 513. The van der Waals surface area contributed by atoms with Gasteiger partial charge in [-0.15, -0.1) is 0 Å². The first-order valence-electron chi connectivity index (χ1n) is 7.73. The highest BCUT2D eigenvalue weighted by molar-refractivity contribution is 5.89. The smallest absolute Gasteiger partial charge is 0.231 e. The van der Waals surface area contributed by atoms with Crippen LogP contribution in [0.5, 0.6) is 0 Å². The fourth-order valence-corrected chi connectivity index (χ4v) is 4.55. The normalized spacial score (nSPS) is 36.5. The molecule has 1 spiro atoms. The molecule has 1 unspecified atom stereocenters. The fourth-order valence-electron chi connectivity index (χ4n) is 4.55. The third-order valence-electron chi connectivity index (χ3n) is 5.69. The molecule has 3 heterocycles. The van der Waals surface area contributed by atoms with Gasteiger partial charge < -0.3 is 9.80 Å². The van der Waals surface area contributed by atoms with Crippen LogP contribution in [0.4, 0.5) is 0 Å². The number of rotatable bonds is 2. The number of fused-ring (bicyclic) bond motifs is 2. The minimum atomic E-state index is -0.00682. The lowest BCUT2D eigenvalue weighted by atomic mass is 9.68. The van der Waals surface area contributed by atoms with E-state index in [-0.39, 0.29) is 5.41 Å². The van der Waals surface area contributed by atoms with E-state index in [1.165, 1.54) is 18.4 Å². The van der Waals surface area contributed by atoms with Crippen LogP contribution < -0.4 is 0 Å². The molecule has 106 valence electrons. The summed E-state index contributed by atoms with van der Waals surface area (Å²) >= 11 is 0. The molecule has 1 aromatic rings. The van der Waals surface area contributed by atoms with Crippen molar-refractivity contribution in [1.29, 1.82) is 0 Å². The summed E-state index contributed by atoms with van der Waals surface area (Å²) in [5.41, 5.74) is 1.24. The third kappa shape index (κ3) is 1.72. The highest BCUT2D eigenvalue weighted by Crippen LogP contribution is 2.50. The Hall–Kier alpha value is -1.35. The van der Waals surface area contributed by atoms with Gasteiger partial charge in [0.05, 0.1) is 5.41 Å². The van der Waals surface area contributed by atoms with Crippen molar-refractivity contribution in [3.05, 3.63) is 35.9 Å². The SMILES string of the molecule is CN1[C@@H]2CC[C@H]1CC1(C2)CN(Cc2ccccc2)C1=O. The Morgan fingerprint density at radius 1 is 1.15 bits per heavy atom. The fraction of sp³-hybridized carbons (Fsp3) is 0.588. The first-order valence-corrected chi connectivity index (χ1v) is 7.73. The molecule has 3 fully saturated rings. The van der Waals surface area contributed by atoms with Crippen molar-refractivity contribution in [3.63, 3.8) is 0 Å². The zero-order valence-corrected chi connectivity index (χ0v) is 12.1. The Labute approximate surface area is 120 Å². The second kappa shape index (κ2) is 4.32. The van der Waals surface area contributed by atoms with E-state index in [0.717, 1.165) is 25.9 Å². The predicted octanol–water partition coefficient (Wildman–Crippen LogP) is 2.27. The van der Waals surface area contributed by atoms with Gasteiger partial charge in [0.1, 0.15) is 0 Å². The Morgan fingerprint density at radius 2 is 1.80 bits per heavy atom. The molecule has 3 saturated heterocycles. The number of β-lactam (4-membered cyclic amide) rings is 1. The van der Waals surface area contributed by atoms with Gasteiger partial charge in [0.25, 0.3) is 0 Å². The molecule has 0 N–H and O–H groups in total. The van der Waals surface area contributed by atoms with E-state index in [0.29, 0.717) is 18.0 Å². The van der Waals surface area contributed by atoms with E-state index >= 15 is 0 Å². The standard InChI is InChI=1S/C17H22N2O/c1-18-14-7-8-15(18)10-17(9-14)12-19(16(17)20)11-13-5-3-2-4-6-13/h2-6,14-15H,7-12H2,1H3/t14-,15+,17?. The van der Waals surface area contributed by atoms with Crippen LogP contribution in [0.3, 0.4) is 0 Å². The Morgan fingerprint density at radius 3 is 2.40 bits per heavy atom. The van der Waals surface area contributed by atoms with Gasteiger partial charge in [-0.05, 0) is 38.3 Å². The molecule has 4 rings (SSSR count). The first-order chi connectivity index (χ1) is 9.68. The lowest BCUT2D eigenvalue weighted by Gasteiger charge is -2.54. The maximum Gasteiger partial charge on any atom is 0.231 e. The van der Waals surface area contributed by atoms with Crippen LogP contribution in [0, 0.1) is 5.41 Å². The van der Waals surface area contributed by atoms with Crippen molar-refractivity contribution >= 4 is 5.91 Å². The molecule has 3 aliphatic heterocycles. The van der Waals surface area contributed by atoms with Crippen LogP contribution >= 0.6 is 0 Å². The summed E-state index contributed by atoms with van der Waals surface area (Å²) in [5.74, 6) is 0.409. The van der Waals surface area contributed by atoms with E-state index in [9.17, 15) is 4.79 Å². The molecule has 20 heavy (non-hydrogen) atoms. The summed E-state index contributed by atoms with van der Waals surface area (Å²) in [5, 5.41) is 0. The van der Waals surface area contributed by atoms with Crippen molar-refractivity contribution in [3.8, 4) is 0 Å². The van der Waals surface area contributed by atoms with Gasteiger partial charge >= 0.3 is 0 Å². The van der Waals surface area contributed by atoms with E-state index < -0.39 is 0 Å². The summed E-state index contributed by atoms with van der Waals surface area (Å²) in [6.07, 6.45) is 4.75. The van der Waals surface area contributed by atoms with E-state index in [1.54, 1.807) is 0 Å². The monoisotopic (exact) mass is 270 g/mol. The van der Waals surface area contributed by atoms with Gasteiger partial charge in [0.2, 0.25) is 5.91 Å². The number of nitrogens with zero attached hydrogens (tertiary/aromatic N) is 2. The number of carbonyl (C=O) groups is 1. The molecule has 3 atom stereocenters. The molecule has 2 bridgehead atoms. The average Bonchev–Trinajstić information content (AvgIpc) is 2.70. The number of carbonyl (C=O) groups excluding carboxylic acids is 1. The van der Waals surface area contributed by atoms with Gasteiger partial charge in [-0.25, -0.2) is 0 Å². The van der Waals surface area contributed by atoms with Gasteiger partial charge in [-0.2, -0.15) is 0 Å². The van der Waals surface area contributed by atoms with Crippen molar-refractivity contribution in [2.75, 3.05) is 13.6 Å². The number of likely N-dealkylation sites (tertiary alicyclic amines) is 1. The summed E-state index contributed by atoms with van der Waals surface area (Å²) in [6, 6.07) is 11.6. The number of hydrogen-bond donors (Lipinski definition) is 0. The molecule has 1 aromatic carbocycles. The van der Waals surface area contributed by atoms with E-state index in [4.69, 9.17) is 0 Å². The molecular formula is C17H22N2O. The molecule has 0 radical (unpaired) electrons. The lowest BCUT2D eigenvalue weighted by Crippen LogP contribution is -2.65. The average molecular weight is 270 g/mol.